The van der Waals surface area contributed by atoms with Crippen LogP contribution in [0.1, 0.15) is 5.56 Å². The number of rotatable bonds is 3. The summed E-state index contributed by atoms with van der Waals surface area (Å²) in [6, 6.07) is 13.7. The van der Waals surface area contributed by atoms with Crippen molar-refractivity contribution in [3.05, 3.63) is 48.0 Å². The molecule has 5 heteroatoms. The van der Waals surface area contributed by atoms with E-state index in [2.05, 4.69) is 9.97 Å². The summed E-state index contributed by atoms with van der Waals surface area (Å²) in [5.74, 6) is 1.02. The van der Waals surface area contributed by atoms with Gasteiger partial charge in [0, 0.05) is 6.07 Å². The van der Waals surface area contributed by atoms with Crippen molar-refractivity contribution in [2.75, 3.05) is 12.8 Å². The number of fused-ring (bicyclic) bond motifs is 1. The van der Waals surface area contributed by atoms with Crippen LogP contribution in [0.15, 0.2) is 42.5 Å². The SMILES string of the molecule is COc1ccc2nc(N)n(Cc3ccccc3)c2n1. The van der Waals surface area contributed by atoms with Gasteiger partial charge in [0.25, 0.3) is 0 Å². The Hall–Kier alpha value is -2.56. The van der Waals surface area contributed by atoms with Crippen LogP contribution in [-0.2, 0) is 6.54 Å². The van der Waals surface area contributed by atoms with Crippen LogP contribution in [0, 0.1) is 0 Å². The summed E-state index contributed by atoms with van der Waals surface area (Å²) >= 11 is 0. The van der Waals surface area contributed by atoms with Gasteiger partial charge in [-0.25, -0.2) is 4.98 Å². The highest BCUT2D eigenvalue weighted by Crippen LogP contribution is 2.20. The van der Waals surface area contributed by atoms with E-state index in [1.165, 1.54) is 0 Å². The molecule has 0 fully saturated rings. The maximum Gasteiger partial charge on any atom is 0.215 e. The van der Waals surface area contributed by atoms with Crippen LogP contribution in [-0.4, -0.2) is 21.6 Å². The molecule has 3 aromatic rings. The fourth-order valence-electron chi connectivity index (χ4n) is 2.04. The van der Waals surface area contributed by atoms with Gasteiger partial charge in [0.1, 0.15) is 5.52 Å². The molecule has 0 bridgehead atoms. The van der Waals surface area contributed by atoms with E-state index in [9.17, 15) is 0 Å². The summed E-state index contributed by atoms with van der Waals surface area (Å²) < 4.78 is 7.03. The van der Waals surface area contributed by atoms with Crippen LogP contribution < -0.4 is 10.5 Å². The molecule has 0 aliphatic heterocycles. The van der Waals surface area contributed by atoms with E-state index in [4.69, 9.17) is 10.5 Å². The van der Waals surface area contributed by atoms with Gasteiger partial charge in [-0.2, -0.15) is 4.98 Å². The zero-order valence-electron chi connectivity index (χ0n) is 10.6. The van der Waals surface area contributed by atoms with Gasteiger partial charge in [0.15, 0.2) is 5.65 Å². The van der Waals surface area contributed by atoms with E-state index in [0.717, 1.165) is 16.7 Å². The Morgan fingerprint density at radius 3 is 2.63 bits per heavy atom. The van der Waals surface area contributed by atoms with Gasteiger partial charge < -0.3 is 10.5 Å². The van der Waals surface area contributed by atoms with Crippen molar-refractivity contribution < 1.29 is 4.74 Å². The smallest absolute Gasteiger partial charge is 0.215 e. The molecule has 0 aliphatic rings. The molecule has 1 aromatic carbocycles. The lowest BCUT2D eigenvalue weighted by Gasteiger charge is -2.06. The average Bonchev–Trinajstić information content (AvgIpc) is 2.76. The number of aromatic nitrogens is 3. The van der Waals surface area contributed by atoms with Gasteiger partial charge in [0.05, 0.1) is 13.7 Å². The topological polar surface area (TPSA) is 66.0 Å². The quantitative estimate of drug-likeness (QED) is 0.777. The van der Waals surface area contributed by atoms with Gasteiger partial charge in [-0.3, -0.25) is 4.57 Å². The molecule has 0 spiro atoms. The Bertz CT molecular complexity index is 706. The zero-order chi connectivity index (χ0) is 13.2. The first-order valence-corrected chi connectivity index (χ1v) is 5.98. The number of pyridine rings is 1. The normalized spacial score (nSPS) is 10.8. The molecule has 2 N–H and O–H groups in total. The molecule has 2 heterocycles. The molecule has 0 saturated heterocycles. The van der Waals surface area contributed by atoms with Gasteiger partial charge >= 0.3 is 0 Å². The number of hydrogen-bond acceptors (Lipinski definition) is 4. The number of ether oxygens (including phenoxy) is 1. The summed E-state index contributed by atoms with van der Waals surface area (Å²) in [4.78, 5) is 8.72. The van der Waals surface area contributed by atoms with Crippen molar-refractivity contribution in [1.82, 2.24) is 14.5 Å². The molecule has 0 atom stereocenters. The first-order valence-electron chi connectivity index (χ1n) is 5.98. The van der Waals surface area contributed by atoms with Crippen LogP contribution >= 0.6 is 0 Å². The summed E-state index contributed by atoms with van der Waals surface area (Å²) in [6.45, 7) is 0.642. The highest BCUT2D eigenvalue weighted by molar-refractivity contribution is 5.74. The molecule has 2 aromatic heterocycles. The minimum absolute atomic E-state index is 0.458. The minimum Gasteiger partial charge on any atom is -0.481 e. The van der Waals surface area contributed by atoms with Crippen LogP contribution in [0.5, 0.6) is 5.88 Å². The maximum atomic E-state index is 5.96. The number of anilines is 1. The van der Waals surface area contributed by atoms with Gasteiger partial charge in [-0.05, 0) is 11.6 Å². The Labute approximate surface area is 110 Å². The lowest BCUT2D eigenvalue weighted by atomic mass is 10.2. The molecular weight excluding hydrogens is 240 g/mol. The number of nitrogen functional groups attached to an aromatic ring is 1. The molecule has 0 amide bonds. The minimum atomic E-state index is 0.458. The van der Waals surface area contributed by atoms with Crippen molar-refractivity contribution >= 4 is 17.1 Å². The first-order chi connectivity index (χ1) is 9.28. The summed E-state index contributed by atoms with van der Waals surface area (Å²) in [5.41, 5.74) is 8.62. The Morgan fingerprint density at radius 2 is 1.89 bits per heavy atom. The van der Waals surface area contributed by atoms with Crippen LogP contribution in [0.3, 0.4) is 0 Å². The second-order valence-electron chi connectivity index (χ2n) is 4.24. The molecule has 0 radical (unpaired) electrons. The number of hydrogen-bond donors (Lipinski definition) is 1. The van der Waals surface area contributed by atoms with Crippen molar-refractivity contribution in [2.45, 2.75) is 6.54 Å². The van der Waals surface area contributed by atoms with E-state index in [0.29, 0.717) is 18.4 Å². The van der Waals surface area contributed by atoms with E-state index < -0.39 is 0 Å². The molecule has 19 heavy (non-hydrogen) atoms. The number of benzene rings is 1. The van der Waals surface area contributed by atoms with Gasteiger partial charge in [0.2, 0.25) is 11.8 Å². The fraction of sp³-hybridized carbons (Fsp3) is 0.143. The maximum absolute atomic E-state index is 5.96. The third kappa shape index (κ3) is 2.10. The largest absolute Gasteiger partial charge is 0.481 e. The van der Waals surface area contributed by atoms with E-state index in [-0.39, 0.29) is 0 Å². The Kier molecular flexibility index (Phi) is 2.79. The Morgan fingerprint density at radius 1 is 1.11 bits per heavy atom. The van der Waals surface area contributed by atoms with Crippen molar-refractivity contribution in [3.63, 3.8) is 0 Å². The van der Waals surface area contributed by atoms with Crippen molar-refractivity contribution in [2.24, 2.45) is 0 Å². The first kappa shape index (κ1) is 11.5. The lowest BCUT2D eigenvalue weighted by molar-refractivity contribution is 0.399. The second kappa shape index (κ2) is 4.61. The standard InChI is InChI=1S/C14H14N4O/c1-19-12-8-7-11-13(17-12)18(14(15)16-11)9-10-5-3-2-4-6-10/h2-8H,9H2,1H3,(H2,15,16). The summed E-state index contributed by atoms with van der Waals surface area (Å²) in [5, 5.41) is 0. The van der Waals surface area contributed by atoms with E-state index in [1.807, 2.05) is 41.0 Å². The molecule has 3 rings (SSSR count). The number of nitrogens with two attached hydrogens (primary N) is 1. The molecule has 5 nitrogen and oxygen atoms in total. The summed E-state index contributed by atoms with van der Waals surface area (Å²) in [7, 11) is 1.59. The fourth-order valence-corrected chi connectivity index (χ4v) is 2.04. The highest BCUT2D eigenvalue weighted by atomic mass is 16.5. The van der Waals surface area contributed by atoms with E-state index >= 15 is 0 Å². The van der Waals surface area contributed by atoms with Crippen molar-refractivity contribution in [1.29, 1.82) is 0 Å². The molecule has 0 saturated carbocycles. The van der Waals surface area contributed by atoms with Crippen LogP contribution in [0.4, 0.5) is 5.95 Å². The number of methoxy groups -OCH3 is 1. The number of nitrogens with zero attached hydrogens (tertiary/aromatic N) is 3. The predicted octanol–water partition coefficient (Wildman–Crippen LogP) is 2.07. The van der Waals surface area contributed by atoms with Gasteiger partial charge in [-0.15, -0.1) is 0 Å². The predicted molar refractivity (Wildman–Crippen MR) is 74.0 cm³/mol. The van der Waals surface area contributed by atoms with Gasteiger partial charge in [-0.1, -0.05) is 30.3 Å². The Balaban J connectivity index is 2.09. The summed E-state index contributed by atoms with van der Waals surface area (Å²) in [6.07, 6.45) is 0. The molecule has 0 aliphatic carbocycles. The second-order valence-corrected chi connectivity index (χ2v) is 4.24. The lowest BCUT2D eigenvalue weighted by Crippen LogP contribution is -2.05. The molecule has 96 valence electrons. The molecular formula is C14H14N4O. The average molecular weight is 254 g/mol. The zero-order valence-corrected chi connectivity index (χ0v) is 10.6. The monoisotopic (exact) mass is 254 g/mol. The third-order valence-corrected chi connectivity index (χ3v) is 2.99. The van der Waals surface area contributed by atoms with E-state index in [1.54, 1.807) is 13.2 Å². The van der Waals surface area contributed by atoms with Crippen LogP contribution in [0.2, 0.25) is 0 Å². The highest BCUT2D eigenvalue weighted by Gasteiger charge is 2.10. The number of imidazole rings is 1. The van der Waals surface area contributed by atoms with Crippen molar-refractivity contribution in [3.8, 4) is 5.88 Å². The molecule has 0 unspecified atom stereocenters. The third-order valence-electron chi connectivity index (χ3n) is 2.99. The van der Waals surface area contributed by atoms with Crippen LogP contribution in [0.25, 0.3) is 11.2 Å².